The minimum Gasteiger partial charge on any atom is -0.375 e. The van der Waals surface area contributed by atoms with E-state index in [0.29, 0.717) is 34.3 Å². The molecule has 2 N–H and O–H groups in total. The zero-order valence-electron chi connectivity index (χ0n) is 11.7. The van der Waals surface area contributed by atoms with Gasteiger partial charge < -0.3 is 10.6 Å². The van der Waals surface area contributed by atoms with Crippen molar-refractivity contribution in [1.82, 2.24) is 5.32 Å². The fourth-order valence-corrected chi connectivity index (χ4v) is 2.28. The highest BCUT2D eigenvalue weighted by Crippen LogP contribution is 2.29. The molecular weight excluding hydrogens is 326 g/mol. The van der Waals surface area contributed by atoms with Gasteiger partial charge in [0.1, 0.15) is 5.82 Å². The van der Waals surface area contributed by atoms with Crippen LogP contribution in [0.15, 0.2) is 42.5 Å². The third-order valence-electron chi connectivity index (χ3n) is 3.07. The summed E-state index contributed by atoms with van der Waals surface area (Å²) in [7, 11) is 0. The second-order valence-corrected chi connectivity index (χ2v) is 5.43. The van der Waals surface area contributed by atoms with Crippen LogP contribution in [-0.4, -0.2) is 19.0 Å². The number of hydrogen-bond acceptors (Lipinski definition) is 2. The van der Waals surface area contributed by atoms with Crippen molar-refractivity contribution in [2.45, 2.75) is 6.42 Å². The Labute approximate surface area is 138 Å². The second kappa shape index (κ2) is 8.01. The van der Waals surface area contributed by atoms with Gasteiger partial charge in [0, 0.05) is 6.54 Å². The zero-order valence-corrected chi connectivity index (χ0v) is 13.2. The minimum absolute atomic E-state index is 0.0668. The van der Waals surface area contributed by atoms with E-state index in [1.165, 1.54) is 6.07 Å². The summed E-state index contributed by atoms with van der Waals surface area (Å²) in [6.45, 7) is 0.433. The lowest BCUT2D eigenvalue weighted by atomic mass is 10.1. The van der Waals surface area contributed by atoms with Crippen LogP contribution >= 0.6 is 23.2 Å². The van der Waals surface area contributed by atoms with Crippen LogP contribution in [0.3, 0.4) is 0 Å². The molecule has 0 aliphatic heterocycles. The predicted molar refractivity (Wildman–Crippen MR) is 88.1 cm³/mol. The van der Waals surface area contributed by atoms with Crippen LogP contribution in [0.25, 0.3) is 0 Å². The maximum Gasteiger partial charge on any atom is 0.239 e. The lowest BCUT2D eigenvalue weighted by Crippen LogP contribution is -2.31. The van der Waals surface area contributed by atoms with E-state index >= 15 is 0 Å². The number of nitrogens with one attached hydrogen (secondary N) is 2. The van der Waals surface area contributed by atoms with Crippen LogP contribution in [0.1, 0.15) is 5.56 Å². The molecular formula is C16H15Cl2FN2O. The van der Waals surface area contributed by atoms with Gasteiger partial charge in [0.15, 0.2) is 0 Å². The molecule has 0 spiro atoms. The van der Waals surface area contributed by atoms with E-state index in [4.69, 9.17) is 23.2 Å². The van der Waals surface area contributed by atoms with Crippen molar-refractivity contribution < 1.29 is 9.18 Å². The highest BCUT2D eigenvalue weighted by atomic mass is 35.5. The monoisotopic (exact) mass is 340 g/mol. The molecule has 2 aromatic carbocycles. The fourth-order valence-electron chi connectivity index (χ4n) is 1.92. The minimum atomic E-state index is -0.263. The molecule has 1 amide bonds. The van der Waals surface area contributed by atoms with Gasteiger partial charge in [0.25, 0.3) is 0 Å². The Morgan fingerprint density at radius 2 is 1.86 bits per heavy atom. The largest absolute Gasteiger partial charge is 0.375 e. The maximum absolute atomic E-state index is 13.4. The molecule has 0 unspecified atom stereocenters. The molecule has 0 aromatic heterocycles. The second-order valence-electron chi connectivity index (χ2n) is 4.65. The van der Waals surface area contributed by atoms with Crippen molar-refractivity contribution >= 4 is 34.8 Å². The first-order chi connectivity index (χ1) is 10.6. The highest BCUT2D eigenvalue weighted by Gasteiger charge is 2.07. The molecule has 0 saturated heterocycles. The maximum atomic E-state index is 13.4. The van der Waals surface area contributed by atoms with Gasteiger partial charge in [-0.05, 0) is 30.2 Å². The summed E-state index contributed by atoms with van der Waals surface area (Å²) in [4.78, 5) is 11.7. The van der Waals surface area contributed by atoms with E-state index in [-0.39, 0.29) is 18.3 Å². The molecule has 22 heavy (non-hydrogen) atoms. The van der Waals surface area contributed by atoms with E-state index in [1.807, 2.05) is 0 Å². The van der Waals surface area contributed by atoms with Crippen LogP contribution in [0, 0.1) is 5.82 Å². The highest BCUT2D eigenvalue weighted by molar-refractivity contribution is 6.43. The van der Waals surface area contributed by atoms with Crippen LogP contribution < -0.4 is 10.6 Å². The number of amides is 1. The Hall–Kier alpha value is -1.78. The summed E-state index contributed by atoms with van der Waals surface area (Å²) in [5, 5.41) is 6.43. The molecule has 0 aliphatic rings. The molecule has 0 radical (unpaired) electrons. The van der Waals surface area contributed by atoms with Crippen LogP contribution in [0.4, 0.5) is 10.1 Å². The smallest absolute Gasteiger partial charge is 0.239 e. The first-order valence-corrected chi connectivity index (χ1v) is 7.51. The Morgan fingerprint density at radius 1 is 1.09 bits per heavy atom. The lowest BCUT2D eigenvalue weighted by Gasteiger charge is -2.10. The normalized spacial score (nSPS) is 10.3. The summed E-state index contributed by atoms with van der Waals surface area (Å²) in [5.41, 5.74) is 1.17. The van der Waals surface area contributed by atoms with Crippen LogP contribution in [-0.2, 0) is 11.2 Å². The number of carbonyl (C=O) groups is 1. The Morgan fingerprint density at radius 3 is 2.64 bits per heavy atom. The van der Waals surface area contributed by atoms with Gasteiger partial charge in [-0.2, -0.15) is 0 Å². The van der Waals surface area contributed by atoms with Crippen molar-refractivity contribution in [1.29, 1.82) is 0 Å². The Balaban J connectivity index is 1.77. The first kappa shape index (κ1) is 16.6. The molecule has 2 rings (SSSR count). The molecule has 3 nitrogen and oxygen atoms in total. The predicted octanol–water partition coefficient (Wildman–Crippen LogP) is 3.90. The van der Waals surface area contributed by atoms with Crippen molar-refractivity contribution in [3.05, 3.63) is 63.9 Å². The molecule has 116 valence electrons. The summed E-state index contributed by atoms with van der Waals surface area (Å²) in [5.74, 6) is -0.465. The fraction of sp³-hybridized carbons (Fsp3) is 0.188. The summed E-state index contributed by atoms with van der Waals surface area (Å²) in [6, 6.07) is 11.7. The van der Waals surface area contributed by atoms with E-state index < -0.39 is 0 Å². The van der Waals surface area contributed by atoms with Crippen molar-refractivity contribution in [3.63, 3.8) is 0 Å². The van der Waals surface area contributed by atoms with E-state index in [0.717, 1.165) is 0 Å². The number of rotatable bonds is 6. The first-order valence-electron chi connectivity index (χ1n) is 6.76. The van der Waals surface area contributed by atoms with Crippen LogP contribution in [0.2, 0.25) is 10.0 Å². The van der Waals surface area contributed by atoms with Crippen molar-refractivity contribution in [2.24, 2.45) is 0 Å². The molecule has 6 heteroatoms. The molecule has 0 bridgehead atoms. The summed E-state index contributed by atoms with van der Waals surface area (Å²) < 4.78 is 13.4. The molecule has 2 aromatic rings. The number of halogens is 3. The van der Waals surface area contributed by atoms with Crippen LogP contribution in [0.5, 0.6) is 0 Å². The number of anilines is 1. The summed E-state index contributed by atoms with van der Waals surface area (Å²) in [6.07, 6.45) is 0.441. The van der Waals surface area contributed by atoms with Crippen molar-refractivity contribution in [2.75, 3.05) is 18.4 Å². The quantitative estimate of drug-likeness (QED) is 0.837. The standard InChI is InChI=1S/C16H15Cl2FN2O/c17-12-5-3-7-14(16(12)18)21-10-15(22)20-9-8-11-4-1-2-6-13(11)19/h1-7,21H,8-10H2,(H,20,22). The van der Waals surface area contributed by atoms with Gasteiger partial charge in [0.2, 0.25) is 5.91 Å². The Kier molecular flexibility index (Phi) is 6.04. The Bertz CT molecular complexity index is 664. The average molecular weight is 341 g/mol. The summed E-state index contributed by atoms with van der Waals surface area (Å²) >= 11 is 11.9. The number of benzene rings is 2. The van der Waals surface area contributed by atoms with Gasteiger partial charge in [-0.15, -0.1) is 0 Å². The van der Waals surface area contributed by atoms with Gasteiger partial charge in [-0.1, -0.05) is 47.5 Å². The molecule has 0 heterocycles. The molecule has 0 aliphatic carbocycles. The number of hydrogen-bond donors (Lipinski definition) is 2. The topological polar surface area (TPSA) is 41.1 Å². The van der Waals surface area contributed by atoms with Gasteiger partial charge >= 0.3 is 0 Å². The van der Waals surface area contributed by atoms with Crippen molar-refractivity contribution in [3.8, 4) is 0 Å². The third kappa shape index (κ3) is 4.61. The third-order valence-corrected chi connectivity index (χ3v) is 3.88. The van der Waals surface area contributed by atoms with Gasteiger partial charge in [0.05, 0.1) is 22.3 Å². The van der Waals surface area contributed by atoms with Gasteiger partial charge in [-0.25, -0.2) is 4.39 Å². The molecule has 0 fully saturated rings. The van der Waals surface area contributed by atoms with E-state index in [1.54, 1.807) is 36.4 Å². The molecule has 0 saturated carbocycles. The number of carbonyl (C=O) groups excluding carboxylic acids is 1. The zero-order chi connectivity index (χ0) is 15.9. The van der Waals surface area contributed by atoms with E-state index in [2.05, 4.69) is 10.6 Å². The average Bonchev–Trinajstić information content (AvgIpc) is 2.51. The van der Waals surface area contributed by atoms with E-state index in [9.17, 15) is 9.18 Å². The SMILES string of the molecule is O=C(CNc1cccc(Cl)c1Cl)NCCc1ccccc1F. The van der Waals surface area contributed by atoms with Gasteiger partial charge in [-0.3, -0.25) is 4.79 Å². The molecule has 0 atom stereocenters. The lowest BCUT2D eigenvalue weighted by molar-refractivity contribution is -0.119.